The highest BCUT2D eigenvalue weighted by molar-refractivity contribution is 6.18. The fraction of sp³-hybridized carbons (Fsp3) is 0.217. The molecule has 0 aliphatic carbocycles. The summed E-state index contributed by atoms with van der Waals surface area (Å²) in [5, 5.41) is 25.1. The molecule has 0 amide bonds. The molecule has 4 aromatic rings. The molecule has 158 valence electrons. The smallest absolute Gasteiger partial charge is 0.164 e. The number of anilines is 2. The summed E-state index contributed by atoms with van der Waals surface area (Å²) in [7, 11) is 0. The number of halogens is 1. The molecule has 0 unspecified atom stereocenters. The van der Waals surface area contributed by atoms with Gasteiger partial charge < -0.3 is 24.8 Å². The summed E-state index contributed by atoms with van der Waals surface area (Å²) in [5.74, 6) is 0.714. The number of aromatic nitrogens is 3. The van der Waals surface area contributed by atoms with E-state index in [1.54, 1.807) is 4.57 Å². The quantitative estimate of drug-likeness (QED) is 0.413. The van der Waals surface area contributed by atoms with Crippen LogP contribution >= 0.6 is 11.6 Å². The van der Waals surface area contributed by atoms with Gasteiger partial charge in [-0.2, -0.15) is 0 Å². The summed E-state index contributed by atoms with van der Waals surface area (Å²) in [5.41, 5.74) is 3.33. The molecular formula is C23H21ClN4O3. The Labute approximate surface area is 183 Å². The predicted octanol–water partition coefficient (Wildman–Crippen LogP) is 3.70. The maximum atomic E-state index is 10.6. The number of alkyl halides is 1. The Balaban J connectivity index is 1.69. The molecule has 8 heteroatoms. The SMILES string of the molecule is O[C@@H]1[C@H](O)[C@H](n2cc(-c3ccccc3)c3c(Nc4ccccc4)ncnc32)O[C@@H]1CCl. The lowest BCUT2D eigenvalue weighted by Gasteiger charge is -2.17. The fourth-order valence-electron chi connectivity index (χ4n) is 3.95. The van der Waals surface area contributed by atoms with Crippen molar-refractivity contribution in [1.82, 2.24) is 14.5 Å². The van der Waals surface area contributed by atoms with Crippen LogP contribution in [-0.4, -0.2) is 48.9 Å². The molecule has 1 aliphatic rings. The summed E-state index contributed by atoms with van der Waals surface area (Å²) >= 11 is 5.91. The number of fused-ring (bicyclic) bond motifs is 1. The molecule has 4 atom stereocenters. The number of nitrogens with one attached hydrogen (secondary N) is 1. The zero-order valence-corrected chi connectivity index (χ0v) is 17.2. The zero-order valence-electron chi connectivity index (χ0n) is 16.5. The van der Waals surface area contributed by atoms with Crippen molar-refractivity contribution in [2.45, 2.75) is 24.5 Å². The van der Waals surface area contributed by atoms with Crippen LogP contribution in [0.4, 0.5) is 11.5 Å². The first-order chi connectivity index (χ1) is 15.2. The first-order valence-corrected chi connectivity index (χ1v) is 10.5. The van der Waals surface area contributed by atoms with E-state index in [4.69, 9.17) is 16.3 Å². The molecule has 2 aromatic heterocycles. The zero-order chi connectivity index (χ0) is 21.4. The van der Waals surface area contributed by atoms with Crippen LogP contribution < -0.4 is 5.32 Å². The molecule has 31 heavy (non-hydrogen) atoms. The van der Waals surface area contributed by atoms with Crippen molar-refractivity contribution >= 4 is 34.1 Å². The molecule has 0 saturated carbocycles. The minimum absolute atomic E-state index is 0.0786. The summed E-state index contributed by atoms with van der Waals surface area (Å²) in [6.07, 6.45) is -0.355. The van der Waals surface area contributed by atoms with E-state index < -0.39 is 24.5 Å². The van der Waals surface area contributed by atoms with Crippen LogP contribution in [0.2, 0.25) is 0 Å². The maximum Gasteiger partial charge on any atom is 0.164 e. The lowest BCUT2D eigenvalue weighted by Crippen LogP contribution is -2.32. The van der Waals surface area contributed by atoms with Gasteiger partial charge in [-0.3, -0.25) is 0 Å². The van der Waals surface area contributed by atoms with Crippen LogP contribution in [0.3, 0.4) is 0 Å². The van der Waals surface area contributed by atoms with Crippen molar-refractivity contribution in [3.63, 3.8) is 0 Å². The van der Waals surface area contributed by atoms with Gasteiger partial charge in [0.2, 0.25) is 0 Å². The molecule has 1 aliphatic heterocycles. The van der Waals surface area contributed by atoms with Gasteiger partial charge in [-0.05, 0) is 17.7 Å². The van der Waals surface area contributed by atoms with Crippen LogP contribution in [0.1, 0.15) is 6.23 Å². The molecule has 1 fully saturated rings. The molecular weight excluding hydrogens is 416 g/mol. The summed E-state index contributed by atoms with van der Waals surface area (Å²) in [6.45, 7) is 0. The van der Waals surface area contributed by atoms with Crippen molar-refractivity contribution < 1.29 is 14.9 Å². The highest BCUT2D eigenvalue weighted by Crippen LogP contribution is 2.39. The van der Waals surface area contributed by atoms with Crippen molar-refractivity contribution in [3.8, 4) is 11.1 Å². The normalized spacial score (nSPS) is 23.3. The average molecular weight is 437 g/mol. The van der Waals surface area contributed by atoms with Crippen molar-refractivity contribution in [2.75, 3.05) is 11.2 Å². The number of aliphatic hydroxyl groups excluding tert-OH is 2. The molecule has 0 radical (unpaired) electrons. The standard InChI is InChI=1S/C23H21ClN4O3/c24-11-17-19(29)20(30)23(31-17)28-12-16(14-7-3-1-4-8-14)18-21(25-13-26-22(18)28)27-15-9-5-2-6-10-15/h1-10,12-13,17,19-20,23,29-30H,11H2,(H,25,26,27)/t17-,19+,20+,23-/m1/s1. The van der Waals surface area contributed by atoms with E-state index in [0.717, 1.165) is 22.2 Å². The van der Waals surface area contributed by atoms with Gasteiger partial charge in [0.25, 0.3) is 0 Å². The van der Waals surface area contributed by atoms with Crippen molar-refractivity contribution in [1.29, 1.82) is 0 Å². The summed E-state index contributed by atoms with van der Waals surface area (Å²) in [4.78, 5) is 8.97. The van der Waals surface area contributed by atoms with Crippen molar-refractivity contribution in [2.24, 2.45) is 0 Å². The molecule has 0 bridgehead atoms. The summed E-state index contributed by atoms with van der Waals surface area (Å²) in [6, 6.07) is 19.6. The molecule has 3 heterocycles. The Morgan fingerprint density at radius 1 is 0.968 bits per heavy atom. The lowest BCUT2D eigenvalue weighted by atomic mass is 10.1. The van der Waals surface area contributed by atoms with Crippen LogP contribution in [0.5, 0.6) is 0 Å². The molecule has 3 N–H and O–H groups in total. The Morgan fingerprint density at radius 2 is 1.68 bits per heavy atom. The number of hydrogen-bond donors (Lipinski definition) is 3. The Hall–Kier alpha value is -2.97. The highest BCUT2D eigenvalue weighted by atomic mass is 35.5. The van der Waals surface area contributed by atoms with Gasteiger partial charge in [-0.1, -0.05) is 48.5 Å². The number of benzene rings is 2. The van der Waals surface area contributed by atoms with Gasteiger partial charge in [0.1, 0.15) is 36.1 Å². The second kappa shape index (κ2) is 8.28. The van der Waals surface area contributed by atoms with Crippen molar-refractivity contribution in [3.05, 3.63) is 73.2 Å². The minimum Gasteiger partial charge on any atom is -0.387 e. The predicted molar refractivity (Wildman–Crippen MR) is 119 cm³/mol. The topological polar surface area (TPSA) is 92.4 Å². The van der Waals surface area contributed by atoms with Gasteiger partial charge >= 0.3 is 0 Å². The molecule has 0 spiro atoms. The van der Waals surface area contributed by atoms with E-state index in [1.165, 1.54) is 6.33 Å². The van der Waals surface area contributed by atoms with Gasteiger partial charge in [0, 0.05) is 17.4 Å². The van der Waals surface area contributed by atoms with E-state index in [1.807, 2.05) is 66.9 Å². The van der Waals surface area contributed by atoms with E-state index in [9.17, 15) is 10.2 Å². The number of nitrogens with zero attached hydrogens (tertiary/aromatic N) is 3. The van der Waals surface area contributed by atoms with Gasteiger partial charge in [0.15, 0.2) is 6.23 Å². The molecule has 1 saturated heterocycles. The number of aliphatic hydroxyl groups is 2. The second-order valence-electron chi connectivity index (χ2n) is 7.43. The number of para-hydroxylation sites is 1. The van der Waals surface area contributed by atoms with Crippen LogP contribution in [0.15, 0.2) is 73.2 Å². The second-order valence-corrected chi connectivity index (χ2v) is 7.74. The largest absolute Gasteiger partial charge is 0.387 e. The first-order valence-electron chi connectivity index (χ1n) is 9.98. The third kappa shape index (κ3) is 3.55. The van der Waals surface area contributed by atoms with E-state index >= 15 is 0 Å². The monoisotopic (exact) mass is 436 g/mol. The molecule has 2 aromatic carbocycles. The lowest BCUT2D eigenvalue weighted by molar-refractivity contribution is -0.0288. The Morgan fingerprint density at radius 3 is 2.35 bits per heavy atom. The van der Waals surface area contributed by atoms with Gasteiger partial charge in [0.05, 0.1) is 11.3 Å². The number of hydrogen-bond acceptors (Lipinski definition) is 6. The Bertz CT molecular complexity index is 1190. The highest BCUT2D eigenvalue weighted by Gasteiger charge is 2.44. The van der Waals surface area contributed by atoms with E-state index in [2.05, 4.69) is 15.3 Å². The maximum absolute atomic E-state index is 10.6. The number of rotatable bonds is 5. The third-order valence-electron chi connectivity index (χ3n) is 5.49. The van der Waals surface area contributed by atoms with Gasteiger partial charge in [-0.15, -0.1) is 11.6 Å². The fourth-order valence-corrected chi connectivity index (χ4v) is 4.21. The summed E-state index contributed by atoms with van der Waals surface area (Å²) < 4.78 is 7.63. The average Bonchev–Trinajstić information content (AvgIpc) is 3.33. The third-order valence-corrected chi connectivity index (χ3v) is 5.80. The van der Waals surface area contributed by atoms with Crippen LogP contribution in [0, 0.1) is 0 Å². The van der Waals surface area contributed by atoms with Gasteiger partial charge in [-0.25, -0.2) is 9.97 Å². The Kier molecular flexibility index (Phi) is 5.33. The first kappa shape index (κ1) is 20.0. The molecule has 7 nitrogen and oxygen atoms in total. The number of ether oxygens (including phenoxy) is 1. The van der Waals surface area contributed by atoms with Crippen LogP contribution in [0.25, 0.3) is 22.2 Å². The van der Waals surface area contributed by atoms with Crippen LogP contribution in [-0.2, 0) is 4.74 Å². The molecule has 5 rings (SSSR count). The van der Waals surface area contributed by atoms with E-state index in [-0.39, 0.29) is 5.88 Å². The minimum atomic E-state index is -1.14. The van der Waals surface area contributed by atoms with E-state index in [0.29, 0.717) is 11.5 Å².